The van der Waals surface area contributed by atoms with Crippen molar-refractivity contribution in [1.82, 2.24) is 21.6 Å². The van der Waals surface area contributed by atoms with E-state index in [0.29, 0.717) is 32.5 Å². The first kappa shape index (κ1) is 38.9. The third-order valence-electron chi connectivity index (χ3n) is 10.2. The van der Waals surface area contributed by atoms with Gasteiger partial charge in [-0.05, 0) is 76.6 Å². The summed E-state index contributed by atoms with van der Waals surface area (Å²) in [7, 11) is 1.72. The quantitative estimate of drug-likeness (QED) is 0.0463. The van der Waals surface area contributed by atoms with Gasteiger partial charge in [0.05, 0.1) is 19.3 Å². The molecule has 0 radical (unpaired) electrons. The predicted octanol–water partition coefficient (Wildman–Crippen LogP) is 6.77. The van der Waals surface area contributed by atoms with Crippen LogP contribution in [0.25, 0.3) is 22.3 Å². The van der Waals surface area contributed by atoms with E-state index < -0.39 is 12.2 Å². The van der Waals surface area contributed by atoms with Gasteiger partial charge < -0.3 is 30.7 Å². The van der Waals surface area contributed by atoms with E-state index in [0.717, 1.165) is 36.8 Å². The topological polar surface area (TPSA) is 145 Å². The summed E-state index contributed by atoms with van der Waals surface area (Å²) in [5, 5.41) is 5.91. The molecule has 0 fully saturated rings. The summed E-state index contributed by atoms with van der Waals surface area (Å²) in [4.78, 5) is 36.8. The second kappa shape index (κ2) is 20.1. The number of carbonyl (C=O) groups excluding carboxylic acids is 2. The van der Waals surface area contributed by atoms with E-state index in [2.05, 4.69) is 70.1 Å². The Morgan fingerprint density at radius 2 is 1.09 bits per heavy atom. The molecule has 0 heterocycles. The molecule has 6 rings (SSSR count). The van der Waals surface area contributed by atoms with Gasteiger partial charge in [-0.1, -0.05) is 103 Å². The molecule has 54 heavy (non-hydrogen) atoms. The molecule has 2 aliphatic carbocycles. The van der Waals surface area contributed by atoms with Crippen LogP contribution in [0.2, 0.25) is 0 Å². The van der Waals surface area contributed by atoms with Crippen LogP contribution in [0, 0.1) is 0 Å². The third-order valence-corrected chi connectivity index (χ3v) is 10.2. The van der Waals surface area contributed by atoms with Crippen molar-refractivity contribution in [3.63, 3.8) is 0 Å². The highest BCUT2D eigenvalue weighted by Gasteiger charge is 2.30. The van der Waals surface area contributed by atoms with Crippen molar-refractivity contribution in [3.05, 3.63) is 119 Å². The second-order valence-electron chi connectivity index (χ2n) is 13.9. The Balaban J connectivity index is 0.940. The van der Waals surface area contributed by atoms with Crippen LogP contribution >= 0.6 is 0 Å². The van der Waals surface area contributed by atoms with Gasteiger partial charge in [-0.15, -0.1) is 0 Å². The molecule has 2 aliphatic rings. The summed E-state index contributed by atoms with van der Waals surface area (Å²) in [6, 6.07) is 32.8. The number of amides is 2. The average Bonchev–Trinajstić information content (AvgIpc) is 3.70. The molecule has 2 amide bonds. The summed E-state index contributed by atoms with van der Waals surface area (Å²) >= 11 is 0. The maximum Gasteiger partial charge on any atom is 0.407 e. The predicted molar refractivity (Wildman–Crippen MR) is 210 cm³/mol. The zero-order valence-corrected chi connectivity index (χ0v) is 31.1. The molecule has 286 valence electrons. The number of hydrogen-bond donors (Lipinski definition) is 5. The van der Waals surface area contributed by atoms with Crippen molar-refractivity contribution in [3.8, 4) is 22.3 Å². The smallest absolute Gasteiger partial charge is 0.407 e. The van der Waals surface area contributed by atoms with Crippen LogP contribution in [-0.2, 0) is 19.1 Å². The molecule has 0 saturated heterocycles. The fraction of sp³-hybridized carbons (Fsp3) is 0.395. The van der Waals surface area contributed by atoms with Crippen molar-refractivity contribution in [2.24, 2.45) is 5.73 Å². The molecule has 11 nitrogen and oxygen atoms in total. The van der Waals surface area contributed by atoms with Crippen LogP contribution in [0.4, 0.5) is 9.59 Å². The Labute approximate surface area is 318 Å². The van der Waals surface area contributed by atoms with Crippen molar-refractivity contribution in [1.29, 1.82) is 0 Å². The number of alkyl carbamates (subject to hydrolysis) is 2. The molecule has 4 aromatic carbocycles. The zero-order chi connectivity index (χ0) is 37.5. The van der Waals surface area contributed by atoms with Crippen molar-refractivity contribution in [2.45, 2.75) is 62.4 Å². The zero-order valence-electron chi connectivity index (χ0n) is 31.1. The monoisotopic (exact) mass is 735 g/mol. The Bertz CT molecular complexity index is 1730. The molecule has 6 N–H and O–H groups in total. The van der Waals surface area contributed by atoms with Crippen LogP contribution < -0.4 is 27.3 Å². The van der Waals surface area contributed by atoms with Gasteiger partial charge in [0.15, 0.2) is 0 Å². The maximum absolute atomic E-state index is 13.2. The molecule has 0 saturated carbocycles. The molecular weight excluding hydrogens is 683 g/mol. The first-order valence-corrected chi connectivity index (χ1v) is 19.1. The Morgan fingerprint density at radius 3 is 1.63 bits per heavy atom. The third kappa shape index (κ3) is 10.2. The van der Waals surface area contributed by atoms with Crippen LogP contribution in [0.5, 0.6) is 0 Å². The van der Waals surface area contributed by atoms with Crippen LogP contribution in [0.15, 0.2) is 97.1 Å². The van der Waals surface area contributed by atoms with E-state index in [4.69, 9.17) is 24.9 Å². The highest BCUT2D eigenvalue weighted by atomic mass is 16.6. The summed E-state index contributed by atoms with van der Waals surface area (Å²) in [6.45, 7) is 2.34. The molecule has 11 heteroatoms. The lowest BCUT2D eigenvalue weighted by Crippen LogP contribution is -2.40. The van der Waals surface area contributed by atoms with Gasteiger partial charge in [-0.3, -0.25) is 4.84 Å². The maximum atomic E-state index is 13.2. The second-order valence-corrected chi connectivity index (χ2v) is 13.9. The van der Waals surface area contributed by atoms with Gasteiger partial charge in [0, 0.05) is 38.0 Å². The SMILES string of the molecule is CNOC[C@@H](N)CCCCNOC[C@H](CCCCNC(=O)OCC1c2ccccc2-c2ccccc21)NC(=O)OCC1c2ccccc2-c2ccccc21. The minimum absolute atomic E-state index is 0.0111. The molecular formula is C43H53N5O6. The Hall–Kier alpha value is -4.78. The lowest BCUT2D eigenvalue weighted by Gasteiger charge is -2.20. The van der Waals surface area contributed by atoms with Crippen LogP contribution in [-0.4, -0.2) is 70.8 Å². The minimum atomic E-state index is -0.486. The summed E-state index contributed by atoms with van der Waals surface area (Å²) in [5.41, 5.74) is 21.1. The molecule has 0 aromatic heterocycles. The molecule has 4 aromatic rings. The normalized spacial score (nSPS) is 14.0. The fourth-order valence-electron chi connectivity index (χ4n) is 7.47. The van der Waals surface area contributed by atoms with Gasteiger partial charge in [-0.25, -0.2) is 20.5 Å². The van der Waals surface area contributed by atoms with Gasteiger partial charge in [-0.2, -0.15) is 0 Å². The number of nitrogens with one attached hydrogen (secondary N) is 4. The number of rotatable bonds is 21. The van der Waals surface area contributed by atoms with Crippen molar-refractivity contribution < 1.29 is 28.7 Å². The van der Waals surface area contributed by atoms with E-state index in [9.17, 15) is 9.59 Å². The van der Waals surface area contributed by atoms with E-state index in [1.165, 1.54) is 33.4 Å². The fourth-order valence-corrected chi connectivity index (χ4v) is 7.47. The number of benzene rings is 4. The molecule has 0 aliphatic heterocycles. The van der Waals surface area contributed by atoms with Gasteiger partial charge in [0.2, 0.25) is 0 Å². The highest BCUT2D eigenvalue weighted by Crippen LogP contribution is 2.45. The lowest BCUT2D eigenvalue weighted by atomic mass is 9.98. The van der Waals surface area contributed by atoms with E-state index in [1.807, 2.05) is 48.5 Å². The molecule has 0 bridgehead atoms. The summed E-state index contributed by atoms with van der Waals surface area (Å²) < 4.78 is 11.5. The number of hydroxylamine groups is 2. The van der Waals surface area contributed by atoms with E-state index in [-0.39, 0.29) is 43.7 Å². The van der Waals surface area contributed by atoms with Crippen molar-refractivity contribution in [2.75, 3.05) is 46.6 Å². The standard InChI is InChI=1S/C43H53N5O6/c1-45-53-26-30(44)14-10-13-25-47-54-27-31(48-43(50)52-29-41-38-22-8-4-18-34(38)35-19-5-9-23-39(35)41)15-11-12-24-46-42(49)51-28-40-36-20-6-2-16-32(36)33-17-3-7-21-37(33)40/h2-9,16-23,30-31,40-41,45,47H,10-15,24-29,44H2,1H3,(H,46,49)(H,48,50)/t30-,31-/m0/s1. The number of hydrogen-bond acceptors (Lipinski definition) is 9. The summed E-state index contributed by atoms with van der Waals surface area (Å²) in [5.74, 6) is -0.0153. The largest absolute Gasteiger partial charge is 0.449 e. The minimum Gasteiger partial charge on any atom is -0.449 e. The van der Waals surface area contributed by atoms with Gasteiger partial charge >= 0.3 is 12.2 Å². The Kier molecular flexibility index (Phi) is 14.5. The highest BCUT2D eigenvalue weighted by molar-refractivity contribution is 5.80. The molecule has 0 spiro atoms. The number of ether oxygens (including phenoxy) is 2. The van der Waals surface area contributed by atoms with Crippen molar-refractivity contribution >= 4 is 12.2 Å². The molecule has 0 unspecified atom stereocenters. The number of carbonyl (C=O) groups is 2. The molecule has 2 atom stereocenters. The Morgan fingerprint density at radius 1 is 0.611 bits per heavy atom. The van der Waals surface area contributed by atoms with Gasteiger partial charge in [0.1, 0.15) is 13.2 Å². The van der Waals surface area contributed by atoms with E-state index in [1.54, 1.807) is 7.05 Å². The van der Waals surface area contributed by atoms with E-state index >= 15 is 0 Å². The number of unbranched alkanes of at least 4 members (excludes halogenated alkanes) is 2. The number of nitrogens with two attached hydrogens (primary N) is 1. The number of fused-ring (bicyclic) bond motifs is 6. The summed E-state index contributed by atoms with van der Waals surface area (Å²) in [6.07, 6.45) is 3.83. The van der Waals surface area contributed by atoms with Crippen LogP contribution in [0.3, 0.4) is 0 Å². The first-order chi connectivity index (χ1) is 26.5. The van der Waals surface area contributed by atoms with Gasteiger partial charge in [0.25, 0.3) is 0 Å². The average molecular weight is 736 g/mol. The lowest BCUT2D eigenvalue weighted by molar-refractivity contribution is 0.0221. The van der Waals surface area contributed by atoms with Crippen LogP contribution in [0.1, 0.15) is 72.6 Å². The first-order valence-electron chi connectivity index (χ1n) is 19.1.